The van der Waals surface area contributed by atoms with Crippen LogP contribution in [0.5, 0.6) is 0 Å². The van der Waals surface area contributed by atoms with Crippen molar-refractivity contribution in [1.29, 1.82) is 0 Å². The van der Waals surface area contributed by atoms with Gasteiger partial charge in [0.1, 0.15) is 5.82 Å². The Bertz CT molecular complexity index is 864. The molecule has 0 N–H and O–H groups in total. The van der Waals surface area contributed by atoms with Crippen LogP contribution in [0.3, 0.4) is 0 Å². The van der Waals surface area contributed by atoms with Gasteiger partial charge in [-0.2, -0.15) is 0 Å². The minimum absolute atomic E-state index is 0.390. The van der Waals surface area contributed by atoms with Crippen LogP contribution in [0.2, 0.25) is 0 Å². The minimum atomic E-state index is -3.21. The Labute approximate surface area is 153 Å². The first kappa shape index (κ1) is 18.2. The third kappa shape index (κ3) is 3.82. The van der Waals surface area contributed by atoms with E-state index >= 15 is 0 Å². The Morgan fingerprint density at radius 3 is 2.60 bits per heavy atom. The van der Waals surface area contributed by atoms with Gasteiger partial charge < -0.3 is 4.90 Å². The summed E-state index contributed by atoms with van der Waals surface area (Å²) in [6.45, 7) is 2.83. The van der Waals surface area contributed by atoms with Crippen molar-refractivity contribution in [3.05, 3.63) is 36.0 Å². The van der Waals surface area contributed by atoms with Gasteiger partial charge in [-0.05, 0) is 61.8 Å². The van der Waals surface area contributed by atoms with E-state index < -0.39 is 9.84 Å². The van der Waals surface area contributed by atoms with Crippen molar-refractivity contribution >= 4 is 33.1 Å². The molecule has 1 fully saturated rings. The molecule has 3 rings (SSSR count). The number of nitrogens with zero attached hydrogens (tertiary/aromatic N) is 3. The molecule has 1 aliphatic carbocycles. The number of benzene rings is 1. The fourth-order valence-electron chi connectivity index (χ4n) is 3.09. The SMILES string of the molecule is CCN(c1ccnc(SC)n1)c1ccc(S(C)(=O)=O)cc1C1CCC1. The van der Waals surface area contributed by atoms with Gasteiger partial charge in [0, 0.05) is 24.7 Å². The molecule has 2 aromatic rings. The number of anilines is 2. The molecule has 0 spiro atoms. The third-order valence-corrected chi connectivity index (χ3v) is 6.33. The Hall–Kier alpha value is -1.60. The van der Waals surface area contributed by atoms with Crippen LogP contribution in [0.4, 0.5) is 11.5 Å². The standard InChI is InChI=1S/C18H23N3O2S2/c1-4-21(17-10-11-19-18(20-17)24-2)16-9-8-14(25(3,22)23)12-15(16)13-6-5-7-13/h8-13H,4-7H2,1-3H3. The Kier molecular flexibility index (Phi) is 5.34. The van der Waals surface area contributed by atoms with Crippen LogP contribution in [0, 0.1) is 0 Å². The van der Waals surface area contributed by atoms with E-state index in [9.17, 15) is 8.42 Å². The summed E-state index contributed by atoms with van der Waals surface area (Å²) >= 11 is 1.51. The van der Waals surface area contributed by atoms with Crippen molar-refractivity contribution in [2.75, 3.05) is 24.0 Å². The first-order valence-electron chi connectivity index (χ1n) is 8.42. The molecule has 0 unspecified atom stereocenters. The molecule has 0 saturated heterocycles. The highest BCUT2D eigenvalue weighted by atomic mass is 32.2. The zero-order valence-electron chi connectivity index (χ0n) is 14.8. The molecule has 0 radical (unpaired) electrons. The summed E-state index contributed by atoms with van der Waals surface area (Å²) in [6, 6.07) is 7.38. The average molecular weight is 378 g/mol. The summed E-state index contributed by atoms with van der Waals surface area (Å²) in [4.78, 5) is 11.4. The van der Waals surface area contributed by atoms with Crippen molar-refractivity contribution < 1.29 is 8.42 Å². The van der Waals surface area contributed by atoms with Gasteiger partial charge in [0.25, 0.3) is 0 Å². The van der Waals surface area contributed by atoms with Crippen LogP contribution in [0.1, 0.15) is 37.7 Å². The van der Waals surface area contributed by atoms with Gasteiger partial charge in [-0.25, -0.2) is 18.4 Å². The lowest BCUT2D eigenvalue weighted by Gasteiger charge is -2.32. The zero-order valence-corrected chi connectivity index (χ0v) is 16.4. The second kappa shape index (κ2) is 7.33. The molecule has 0 aliphatic heterocycles. The summed E-state index contributed by atoms with van der Waals surface area (Å²) in [5.74, 6) is 1.27. The smallest absolute Gasteiger partial charge is 0.189 e. The van der Waals surface area contributed by atoms with Crippen LogP contribution in [-0.2, 0) is 9.84 Å². The summed E-state index contributed by atoms with van der Waals surface area (Å²) < 4.78 is 24.0. The molecule has 5 nitrogen and oxygen atoms in total. The summed E-state index contributed by atoms with van der Waals surface area (Å²) in [5.41, 5.74) is 2.16. The molecule has 0 amide bonds. The Morgan fingerprint density at radius 1 is 1.28 bits per heavy atom. The van der Waals surface area contributed by atoms with E-state index in [2.05, 4.69) is 21.8 Å². The van der Waals surface area contributed by atoms with Crippen LogP contribution in [-0.4, -0.2) is 37.4 Å². The fraction of sp³-hybridized carbons (Fsp3) is 0.444. The van der Waals surface area contributed by atoms with Crippen LogP contribution >= 0.6 is 11.8 Å². The molecule has 7 heteroatoms. The number of thioether (sulfide) groups is 1. The molecule has 1 aliphatic rings. The fourth-order valence-corrected chi connectivity index (χ4v) is 4.10. The summed E-state index contributed by atoms with van der Waals surface area (Å²) in [6.07, 6.45) is 8.40. The van der Waals surface area contributed by atoms with Crippen molar-refractivity contribution in [3.63, 3.8) is 0 Å². The lowest BCUT2D eigenvalue weighted by atomic mass is 9.79. The molecular formula is C18H23N3O2S2. The molecular weight excluding hydrogens is 354 g/mol. The first-order chi connectivity index (χ1) is 11.9. The number of aromatic nitrogens is 2. The van der Waals surface area contributed by atoms with Crippen molar-refractivity contribution in [2.24, 2.45) is 0 Å². The summed E-state index contributed by atoms with van der Waals surface area (Å²) in [5, 5.41) is 0.730. The highest BCUT2D eigenvalue weighted by Crippen LogP contribution is 2.43. The first-order valence-corrected chi connectivity index (χ1v) is 11.5. The zero-order chi connectivity index (χ0) is 18.0. The predicted octanol–water partition coefficient (Wildman–Crippen LogP) is 4.03. The minimum Gasteiger partial charge on any atom is -0.326 e. The van der Waals surface area contributed by atoms with Gasteiger partial charge >= 0.3 is 0 Å². The highest BCUT2D eigenvalue weighted by Gasteiger charge is 2.26. The van der Waals surface area contributed by atoms with Gasteiger partial charge in [0.15, 0.2) is 15.0 Å². The monoisotopic (exact) mass is 377 g/mol. The van der Waals surface area contributed by atoms with E-state index in [0.29, 0.717) is 10.8 Å². The highest BCUT2D eigenvalue weighted by molar-refractivity contribution is 7.98. The van der Waals surface area contributed by atoms with Crippen molar-refractivity contribution in [3.8, 4) is 0 Å². The van der Waals surface area contributed by atoms with Crippen molar-refractivity contribution in [2.45, 2.75) is 42.2 Å². The van der Waals surface area contributed by atoms with Gasteiger partial charge in [-0.15, -0.1) is 0 Å². The molecule has 1 heterocycles. The summed E-state index contributed by atoms with van der Waals surface area (Å²) in [7, 11) is -3.21. The Balaban J connectivity index is 2.09. The topological polar surface area (TPSA) is 63.2 Å². The molecule has 25 heavy (non-hydrogen) atoms. The van der Waals surface area contributed by atoms with E-state index in [4.69, 9.17) is 0 Å². The third-order valence-electron chi connectivity index (χ3n) is 4.66. The average Bonchev–Trinajstić information content (AvgIpc) is 2.54. The quantitative estimate of drug-likeness (QED) is 0.559. The normalized spacial score (nSPS) is 15.0. The van der Waals surface area contributed by atoms with E-state index in [0.717, 1.165) is 41.6 Å². The maximum Gasteiger partial charge on any atom is 0.189 e. The van der Waals surface area contributed by atoms with E-state index in [1.165, 1.54) is 24.4 Å². The lowest BCUT2D eigenvalue weighted by molar-refractivity contribution is 0.419. The van der Waals surface area contributed by atoms with E-state index in [-0.39, 0.29) is 0 Å². The van der Waals surface area contributed by atoms with Gasteiger partial charge in [0.2, 0.25) is 0 Å². The molecule has 1 saturated carbocycles. The second-order valence-corrected chi connectivity index (χ2v) is 9.06. The molecule has 0 bridgehead atoms. The molecule has 1 aromatic heterocycles. The van der Waals surface area contributed by atoms with Gasteiger partial charge in [-0.1, -0.05) is 18.2 Å². The van der Waals surface area contributed by atoms with Gasteiger partial charge in [0.05, 0.1) is 4.90 Å². The maximum absolute atomic E-state index is 12.0. The van der Waals surface area contributed by atoms with Crippen LogP contribution in [0.25, 0.3) is 0 Å². The van der Waals surface area contributed by atoms with Gasteiger partial charge in [-0.3, -0.25) is 0 Å². The lowest BCUT2D eigenvalue weighted by Crippen LogP contribution is -2.22. The maximum atomic E-state index is 12.0. The Morgan fingerprint density at radius 2 is 2.04 bits per heavy atom. The molecule has 0 atom stereocenters. The van der Waals surface area contributed by atoms with E-state index in [1.807, 2.05) is 24.5 Å². The number of sulfone groups is 1. The van der Waals surface area contributed by atoms with Crippen LogP contribution in [0.15, 0.2) is 40.5 Å². The number of hydrogen-bond donors (Lipinski definition) is 0. The van der Waals surface area contributed by atoms with E-state index in [1.54, 1.807) is 12.3 Å². The van der Waals surface area contributed by atoms with Crippen molar-refractivity contribution in [1.82, 2.24) is 9.97 Å². The van der Waals surface area contributed by atoms with Crippen LogP contribution < -0.4 is 4.90 Å². The largest absolute Gasteiger partial charge is 0.326 e. The number of hydrogen-bond acceptors (Lipinski definition) is 6. The number of rotatable bonds is 6. The second-order valence-electron chi connectivity index (χ2n) is 6.27. The molecule has 1 aromatic carbocycles. The predicted molar refractivity (Wildman–Crippen MR) is 103 cm³/mol. The molecule has 134 valence electrons.